The van der Waals surface area contributed by atoms with Gasteiger partial charge in [0.2, 0.25) is 5.91 Å². The molecule has 4 heteroatoms. The number of Topliss-reactive ketones (excluding diaryl/α,β-unsaturated/α-hetero) is 1. The van der Waals surface area contributed by atoms with Gasteiger partial charge >= 0.3 is 0 Å². The minimum atomic E-state index is -0.458. The predicted molar refractivity (Wildman–Crippen MR) is 58.0 cm³/mol. The highest BCUT2D eigenvalue weighted by Gasteiger charge is 2.24. The number of anilines is 1. The van der Waals surface area contributed by atoms with E-state index in [9.17, 15) is 14.0 Å². The highest BCUT2D eigenvalue weighted by atomic mass is 19.1. The maximum atomic E-state index is 13.0. The molecule has 1 aromatic carbocycles. The molecule has 1 amide bonds. The van der Waals surface area contributed by atoms with E-state index >= 15 is 0 Å². The van der Waals surface area contributed by atoms with Crippen LogP contribution in [0.5, 0.6) is 0 Å². The lowest BCUT2D eigenvalue weighted by molar-refractivity contribution is -0.117. The minimum Gasteiger partial charge on any atom is -0.312 e. The Kier molecular flexibility index (Phi) is 2.73. The molecule has 16 heavy (non-hydrogen) atoms. The number of hydrogen-bond acceptors (Lipinski definition) is 2. The van der Waals surface area contributed by atoms with E-state index in [2.05, 4.69) is 0 Å². The zero-order chi connectivity index (χ0) is 11.7. The van der Waals surface area contributed by atoms with Crippen LogP contribution >= 0.6 is 0 Å². The lowest BCUT2D eigenvalue weighted by atomic mass is 10.1. The third-order valence-electron chi connectivity index (χ3n) is 2.70. The van der Waals surface area contributed by atoms with E-state index in [1.54, 1.807) is 4.90 Å². The van der Waals surface area contributed by atoms with Gasteiger partial charge in [-0.2, -0.15) is 0 Å². The lowest BCUT2D eigenvalue weighted by Crippen LogP contribution is -2.25. The molecule has 1 saturated heterocycles. The summed E-state index contributed by atoms with van der Waals surface area (Å²) < 4.78 is 13.0. The Morgan fingerprint density at radius 3 is 2.75 bits per heavy atom. The highest BCUT2D eigenvalue weighted by Crippen LogP contribution is 2.26. The van der Waals surface area contributed by atoms with E-state index in [1.165, 1.54) is 25.1 Å². The summed E-state index contributed by atoms with van der Waals surface area (Å²) in [7, 11) is 0. The number of rotatable bonds is 2. The van der Waals surface area contributed by atoms with Gasteiger partial charge < -0.3 is 4.90 Å². The quantitative estimate of drug-likeness (QED) is 0.717. The average molecular weight is 221 g/mol. The first kappa shape index (κ1) is 10.8. The number of nitrogens with zero attached hydrogens (tertiary/aromatic N) is 1. The largest absolute Gasteiger partial charge is 0.312 e. The molecule has 2 rings (SSSR count). The summed E-state index contributed by atoms with van der Waals surface area (Å²) in [5.41, 5.74) is 0.798. The predicted octanol–water partition coefficient (Wildman–Crippen LogP) is 2.16. The summed E-state index contributed by atoms with van der Waals surface area (Å²) in [4.78, 5) is 24.5. The van der Waals surface area contributed by atoms with Gasteiger partial charge in [0.15, 0.2) is 5.78 Å². The fraction of sp³-hybridized carbons (Fsp3) is 0.333. The highest BCUT2D eigenvalue weighted by molar-refractivity contribution is 6.05. The Hall–Kier alpha value is -1.71. The van der Waals surface area contributed by atoms with Gasteiger partial charge in [0.1, 0.15) is 5.82 Å². The zero-order valence-electron chi connectivity index (χ0n) is 9.00. The van der Waals surface area contributed by atoms with E-state index < -0.39 is 5.82 Å². The summed E-state index contributed by atoms with van der Waals surface area (Å²) in [6.45, 7) is 1.98. The maximum absolute atomic E-state index is 13.0. The SMILES string of the molecule is CC(=O)c1cc(F)ccc1N1CCCC1=O. The molecule has 0 bridgehead atoms. The van der Waals surface area contributed by atoms with Crippen LogP contribution in [-0.4, -0.2) is 18.2 Å². The normalized spacial score (nSPS) is 15.6. The number of benzene rings is 1. The molecule has 0 aliphatic carbocycles. The minimum absolute atomic E-state index is 0.00546. The molecule has 0 radical (unpaired) electrons. The van der Waals surface area contributed by atoms with Crippen molar-refractivity contribution in [1.82, 2.24) is 0 Å². The summed E-state index contributed by atoms with van der Waals surface area (Å²) in [6.07, 6.45) is 1.28. The molecule has 0 aromatic heterocycles. The van der Waals surface area contributed by atoms with Crippen molar-refractivity contribution in [2.45, 2.75) is 19.8 Å². The Morgan fingerprint density at radius 2 is 2.19 bits per heavy atom. The first-order chi connectivity index (χ1) is 7.59. The number of hydrogen-bond donors (Lipinski definition) is 0. The van der Waals surface area contributed by atoms with Crippen molar-refractivity contribution < 1.29 is 14.0 Å². The Labute approximate surface area is 92.9 Å². The molecule has 1 heterocycles. The van der Waals surface area contributed by atoms with Crippen molar-refractivity contribution in [3.05, 3.63) is 29.6 Å². The van der Waals surface area contributed by atoms with Crippen LogP contribution in [0.15, 0.2) is 18.2 Å². The number of halogens is 1. The van der Waals surface area contributed by atoms with Gasteiger partial charge in [-0.25, -0.2) is 4.39 Å². The van der Waals surface area contributed by atoms with Crippen molar-refractivity contribution in [3.8, 4) is 0 Å². The molecule has 1 fully saturated rings. The van der Waals surface area contributed by atoms with Crippen molar-refractivity contribution in [3.63, 3.8) is 0 Å². The standard InChI is InChI=1S/C12H12FNO2/c1-8(15)10-7-9(13)4-5-11(10)14-6-2-3-12(14)16/h4-5,7H,2-3,6H2,1H3. The van der Waals surface area contributed by atoms with Gasteiger partial charge in [-0.1, -0.05) is 0 Å². The average Bonchev–Trinajstić information content (AvgIpc) is 2.64. The molecule has 0 atom stereocenters. The lowest BCUT2D eigenvalue weighted by Gasteiger charge is -2.18. The second-order valence-electron chi connectivity index (χ2n) is 3.87. The summed E-state index contributed by atoms with van der Waals surface area (Å²) in [5.74, 6) is -0.691. The summed E-state index contributed by atoms with van der Waals surface area (Å²) in [5, 5.41) is 0. The zero-order valence-corrected chi connectivity index (χ0v) is 9.00. The Bertz CT molecular complexity index is 456. The van der Waals surface area contributed by atoms with Crippen LogP contribution in [0.25, 0.3) is 0 Å². The molecule has 1 aliphatic heterocycles. The van der Waals surface area contributed by atoms with Crippen LogP contribution in [0, 0.1) is 5.82 Å². The second kappa shape index (κ2) is 4.04. The van der Waals surface area contributed by atoms with E-state index in [1.807, 2.05) is 0 Å². The number of carbonyl (C=O) groups is 2. The van der Waals surface area contributed by atoms with E-state index in [0.29, 0.717) is 18.7 Å². The molecule has 0 saturated carbocycles. The number of carbonyl (C=O) groups excluding carboxylic acids is 2. The monoisotopic (exact) mass is 221 g/mol. The van der Waals surface area contributed by atoms with Crippen LogP contribution in [0.2, 0.25) is 0 Å². The number of amides is 1. The number of ketones is 1. The van der Waals surface area contributed by atoms with Crippen LogP contribution < -0.4 is 4.90 Å². The van der Waals surface area contributed by atoms with Crippen molar-refractivity contribution in [1.29, 1.82) is 0 Å². The van der Waals surface area contributed by atoms with Gasteiger partial charge in [0.05, 0.1) is 5.69 Å². The molecular weight excluding hydrogens is 209 g/mol. The molecule has 3 nitrogen and oxygen atoms in total. The molecule has 1 aromatic rings. The molecular formula is C12H12FNO2. The molecule has 84 valence electrons. The molecule has 1 aliphatic rings. The van der Waals surface area contributed by atoms with Crippen LogP contribution in [0.3, 0.4) is 0 Å². The van der Waals surface area contributed by atoms with Gasteiger partial charge in [0.25, 0.3) is 0 Å². The summed E-state index contributed by atoms with van der Waals surface area (Å²) >= 11 is 0. The smallest absolute Gasteiger partial charge is 0.227 e. The van der Waals surface area contributed by atoms with Gasteiger partial charge in [-0.3, -0.25) is 9.59 Å². The van der Waals surface area contributed by atoms with Crippen LogP contribution in [-0.2, 0) is 4.79 Å². The summed E-state index contributed by atoms with van der Waals surface area (Å²) in [6, 6.07) is 3.95. The van der Waals surface area contributed by atoms with Crippen LogP contribution in [0.4, 0.5) is 10.1 Å². The van der Waals surface area contributed by atoms with E-state index in [-0.39, 0.29) is 17.3 Å². The second-order valence-corrected chi connectivity index (χ2v) is 3.87. The van der Waals surface area contributed by atoms with Crippen molar-refractivity contribution >= 4 is 17.4 Å². The fourth-order valence-electron chi connectivity index (χ4n) is 1.93. The van der Waals surface area contributed by atoms with Gasteiger partial charge in [0, 0.05) is 18.5 Å². The topological polar surface area (TPSA) is 37.4 Å². The molecule has 0 unspecified atom stereocenters. The molecule has 0 spiro atoms. The first-order valence-electron chi connectivity index (χ1n) is 5.20. The third kappa shape index (κ3) is 1.83. The maximum Gasteiger partial charge on any atom is 0.227 e. The van der Waals surface area contributed by atoms with Crippen molar-refractivity contribution in [2.24, 2.45) is 0 Å². The Morgan fingerprint density at radius 1 is 1.44 bits per heavy atom. The first-order valence-corrected chi connectivity index (χ1v) is 5.20. The van der Waals surface area contributed by atoms with Gasteiger partial charge in [-0.05, 0) is 31.5 Å². The fourth-order valence-corrected chi connectivity index (χ4v) is 1.93. The third-order valence-corrected chi connectivity index (χ3v) is 2.70. The Balaban J connectivity index is 2.47. The van der Waals surface area contributed by atoms with E-state index in [4.69, 9.17) is 0 Å². The van der Waals surface area contributed by atoms with Crippen LogP contribution in [0.1, 0.15) is 30.1 Å². The molecule has 0 N–H and O–H groups in total. The van der Waals surface area contributed by atoms with Crippen molar-refractivity contribution in [2.75, 3.05) is 11.4 Å². The van der Waals surface area contributed by atoms with Gasteiger partial charge in [-0.15, -0.1) is 0 Å². The van der Waals surface area contributed by atoms with E-state index in [0.717, 1.165) is 6.42 Å².